The van der Waals surface area contributed by atoms with Gasteiger partial charge in [0.1, 0.15) is 5.82 Å². The van der Waals surface area contributed by atoms with E-state index in [0.29, 0.717) is 5.92 Å². The lowest BCUT2D eigenvalue weighted by Crippen LogP contribution is -2.22. The van der Waals surface area contributed by atoms with E-state index < -0.39 is 0 Å². The molecule has 2 heteroatoms. The highest BCUT2D eigenvalue weighted by molar-refractivity contribution is 5.21. The first-order valence-corrected chi connectivity index (χ1v) is 7.14. The van der Waals surface area contributed by atoms with E-state index >= 15 is 0 Å². The van der Waals surface area contributed by atoms with Crippen LogP contribution in [0.15, 0.2) is 36.4 Å². The second-order valence-corrected chi connectivity index (χ2v) is 5.08. The summed E-state index contributed by atoms with van der Waals surface area (Å²) in [6, 6.07) is 6.72. The van der Waals surface area contributed by atoms with Gasteiger partial charge in [-0.3, -0.25) is 0 Å². The molecule has 1 aliphatic rings. The zero-order chi connectivity index (χ0) is 13.5. The number of benzene rings is 1. The first-order chi connectivity index (χ1) is 9.29. The molecule has 1 atom stereocenters. The molecule has 0 aromatic heterocycles. The maximum Gasteiger partial charge on any atom is 0.123 e. The third-order valence-corrected chi connectivity index (χ3v) is 3.69. The molecule has 0 saturated carbocycles. The van der Waals surface area contributed by atoms with Crippen molar-refractivity contribution in [3.63, 3.8) is 0 Å². The van der Waals surface area contributed by atoms with E-state index in [-0.39, 0.29) is 5.82 Å². The molecule has 0 aliphatic carbocycles. The molecular formula is C17H22FO. The van der Waals surface area contributed by atoms with Crippen molar-refractivity contribution < 1.29 is 9.13 Å². The Hall–Kier alpha value is -1.15. The minimum atomic E-state index is -0.173. The smallest absolute Gasteiger partial charge is 0.123 e. The van der Waals surface area contributed by atoms with Gasteiger partial charge in [-0.25, -0.2) is 4.39 Å². The minimum absolute atomic E-state index is 0.173. The number of ether oxygens (including phenoxy) is 1. The van der Waals surface area contributed by atoms with Gasteiger partial charge in [-0.15, -0.1) is 0 Å². The van der Waals surface area contributed by atoms with Gasteiger partial charge < -0.3 is 4.74 Å². The standard InChI is InChI=1S/C17H22FO/c1-2-15(16-7-4-12-19-13-16)6-3-5-14-8-10-17(18)11-9-14/h3,6,8-11,16H,2,4-5,7,12-13H2,1H3. The molecule has 1 saturated heterocycles. The Balaban J connectivity index is 1.86. The van der Waals surface area contributed by atoms with Crippen LogP contribution in [0.25, 0.3) is 0 Å². The molecule has 1 radical (unpaired) electrons. The van der Waals surface area contributed by atoms with Crippen molar-refractivity contribution in [3.8, 4) is 0 Å². The highest BCUT2D eigenvalue weighted by Crippen LogP contribution is 2.27. The summed E-state index contributed by atoms with van der Waals surface area (Å²) in [6.07, 6.45) is 8.76. The average molecular weight is 261 g/mol. The van der Waals surface area contributed by atoms with Gasteiger partial charge >= 0.3 is 0 Å². The van der Waals surface area contributed by atoms with Crippen LogP contribution in [0.3, 0.4) is 0 Å². The van der Waals surface area contributed by atoms with E-state index in [2.05, 4.69) is 19.1 Å². The van der Waals surface area contributed by atoms with Crippen molar-refractivity contribution in [1.29, 1.82) is 0 Å². The molecule has 0 N–H and O–H groups in total. The fraction of sp³-hybridized carbons (Fsp3) is 0.471. The average Bonchev–Trinajstić information content (AvgIpc) is 2.46. The molecule has 1 aliphatic heterocycles. The van der Waals surface area contributed by atoms with Gasteiger partial charge in [-0.2, -0.15) is 0 Å². The molecule has 1 heterocycles. The normalized spacial score (nSPS) is 20.3. The molecule has 1 aromatic rings. The summed E-state index contributed by atoms with van der Waals surface area (Å²) in [5, 5.41) is 0. The number of rotatable bonds is 5. The van der Waals surface area contributed by atoms with Gasteiger partial charge in [0, 0.05) is 12.5 Å². The van der Waals surface area contributed by atoms with Crippen LogP contribution in [-0.4, -0.2) is 13.2 Å². The summed E-state index contributed by atoms with van der Waals surface area (Å²) < 4.78 is 18.3. The van der Waals surface area contributed by atoms with Gasteiger partial charge in [0.05, 0.1) is 6.61 Å². The van der Waals surface area contributed by atoms with Crippen molar-refractivity contribution in [2.45, 2.75) is 32.6 Å². The van der Waals surface area contributed by atoms with E-state index in [4.69, 9.17) is 4.74 Å². The monoisotopic (exact) mass is 261 g/mol. The maximum absolute atomic E-state index is 12.8. The largest absolute Gasteiger partial charge is 0.381 e. The van der Waals surface area contributed by atoms with Gasteiger partial charge in [-0.05, 0) is 49.3 Å². The van der Waals surface area contributed by atoms with Crippen molar-refractivity contribution in [1.82, 2.24) is 0 Å². The number of halogens is 1. The van der Waals surface area contributed by atoms with Crippen molar-refractivity contribution >= 4 is 0 Å². The lowest BCUT2D eigenvalue weighted by molar-refractivity contribution is 0.0607. The first-order valence-electron chi connectivity index (χ1n) is 7.14. The Kier molecular flexibility index (Phi) is 5.59. The molecule has 1 fully saturated rings. The lowest BCUT2D eigenvalue weighted by Gasteiger charge is -2.27. The topological polar surface area (TPSA) is 9.23 Å². The van der Waals surface area contributed by atoms with Crippen LogP contribution in [0.5, 0.6) is 0 Å². The number of allylic oxidation sites excluding steroid dienone is 2. The van der Waals surface area contributed by atoms with Crippen LogP contribution in [-0.2, 0) is 11.2 Å². The van der Waals surface area contributed by atoms with E-state index in [1.807, 2.05) is 12.1 Å². The number of hydrogen-bond acceptors (Lipinski definition) is 1. The Morgan fingerprint density at radius 2 is 2.16 bits per heavy atom. The predicted octanol–water partition coefficient (Wildman–Crippen LogP) is 4.34. The van der Waals surface area contributed by atoms with E-state index in [0.717, 1.165) is 31.6 Å². The summed E-state index contributed by atoms with van der Waals surface area (Å²) in [6.45, 7) is 3.98. The van der Waals surface area contributed by atoms with Crippen molar-refractivity contribution in [2.75, 3.05) is 13.2 Å². The van der Waals surface area contributed by atoms with Gasteiger partial charge in [0.15, 0.2) is 0 Å². The van der Waals surface area contributed by atoms with Gasteiger partial charge in [-0.1, -0.05) is 31.2 Å². The molecule has 1 aromatic carbocycles. The highest BCUT2D eigenvalue weighted by Gasteiger charge is 2.21. The van der Waals surface area contributed by atoms with Crippen LogP contribution in [0, 0.1) is 17.7 Å². The second kappa shape index (κ2) is 7.44. The summed E-state index contributed by atoms with van der Waals surface area (Å²) in [4.78, 5) is 0. The summed E-state index contributed by atoms with van der Waals surface area (Å²) in [5.41, 5.74) is 1.15. The fourth-order valence-electron chi connectivity index (χ4n) is 2.54. The van der Waals surface area contributed by atoms with Gasteiger partial charge in [0.25, 0.3) is 0 Å². The Morgan fingerprint density at radius 1 is 1.37 bits per heavy atom. The van der Waals surface area contributed by atoms with Crippen LogP contribution >= 0.6 is 0 Å². The van der Waals surface area contributed by atoms with E-state index in [9.17, 15) is 4.39 Å². The summed E-state index contributed by atoms with van der Waals surface area (Å²) >= 11 is 0. The molecular weight excluding hydrogens is 239 g/mol. The maximum atomic E-state index is 12.8. The van der Waals surface area contributed by atoms with E-state index in [1.54, 1.807) is 0 Å². The van der Waals surface area contributed by atoms with Crippen LogP contribution < -0.4 is 0 Å². The predicted molar refractivity (Wildman–Crippen MR) is 76.3 cm³/mol. The Bertz CT molecular complexity index is 390. The second-order valence-electron chi connectivity index (χ2n) is 5.08. The zero-order valence-corrected chi connectivity index (χ0v) is 11.6. The van der Waals surface area contributed by atoms with E-state index in [1.165, 1.54) is 30.9 Å². The third kappa shape index (κ3) is 4.46. The Morgan fingerprint density at radius 3 is 2.79 bits per heavy atom. The molecule has 2 rings (SSSR count). The molecule has 19 heavy (non-hydrogen) atoms. The summed E-state index contributed by atoms with van der Waals surface area (Å²) in [7, 11) is 0. The lowest BCUT2D eigenvalue weighted by atomic mass is 9.85. The summed E-state index contributed by atoms with van der Waals surface area (Å²) in [5.74, 6) is 1.89. The molecule has 0 spiro atoms. The third-order valence-electron chi connectivity index (χ3n) is 3.69. The van der Waals surface area contributed by atoms with Crippen LogP contribution in [0.4, 0.5) is 4.39 Å². The first kappa shape index (κ1) is 14.3. The van der Waals surface area contributed by atoms with Gasteiger partial charge in [0.2, 0.25) is 0 Å². The number of hydrogen-bond donors (Lipinski definition) is 0. The SMILES string of the molecule is CC[C](C=CCc1ccc(F)cc1)C1CCCOC1. The quantitative estimate of drug-likeness (QED) is 0.766. The van der Waals surface area contributed by atoms with Crippen LogP contribution in [0.2, 0.25) is 0 Å². The molecule has 0 bridgehead atoms. The minimum Gasteiger partial charge on any atom is -0.381 e. The highest BCUT2D eigenvalue weighted by atomic mass is 19.1. The molecule has 1 unspecified atom stereocenters. The Labute approximate surface area is 115 Å². The fourth-order valence-corrected chi connectivity index (χ4v) is 2.54. The van der Waals surface area contributed by atoms with Crippen LogP contribution in [0.1, 0.15) is 31.7 Å². The molecule has 103 valence electrons. The molecule has 1 nitrogen and oxygen atoms in total. The van der Waals surface area contributed by atoms with Crippen molar-refractivity contribution in [2.24, 2.45) is 5.92 Å². The van der Waals surface area contributed by atoms with Crippen molar-refractivity contribution in [3.05, 3.63) is 53.7 Å². The zero-order valence-electron chi connectivity index (χ0n) is 11.6. The molecule has 0 amide bonds.